The highest BCUT2D eigenvalue weighted by molar-refractivity contribution is 5.14. The van der Waals surface area contributed by atoms with Gasteiger partial charge in [0.15, 0.2) is 5.79 Å². The maximum Gasteiger partial charge on any atom is 0.173 e. The summed E-state index contributed by atoms with van der Waals surface area (Å²) in [5.74, 6) is -0.703. The third kappa shape index (κ3) is 29.8. The molecule has 0 saturated carbocycles. The molecule has 3 rings (SSSR count). The van der Waals surface area contributed by atoms with E-state index in [-0.39, 0.29) is 29.7 Å². The van der Waals surface area contributed by atoms with Gasteiger partial charge in [0.1, 0.15) is 6.10 Å². The first-order valence-electron chi connectivity index (χ1n) is 33.7. The van der Waals surface area contributed by atoms with Crippen LogP contribution in [0.3, 0.4) is 0 Å². The summed E-state index contributed by atoms with van der Waals surface area (Å²) in [5, 5.41) is 12.8. The third-order valence-corrected chi connectivity index (χ3v) is 18.8. The Morgan fingerprint density at radius 1 is 0.459 bits per heavy atom. The Balaban J connectivity index is 1.50. The molecule has 5 atom stereocenters. The van der Waals surface area contributed by atoms with Gasteiger partial charge >= 0.3 is 0 Å². The zero-order valence-electron chi connectivity index (χ0n) is 50.6. The fourth-order valence-electron chi connectivity index (χ4n) is 13.1. The molecule has 5 unspecified atom stereocenters. The number of rotatable bonds is 7. The molecule has 0 amide bonds. The smallest absolute Gasteiger partial charge is 0.173 e. The summed E-state index contributed by atoms with van der Waals surface area (Å²) >= 11 is 0. The van der Waals surface area contributed by atoms with E-state index >= 15 is 0 Å². The maximum absolute atomic E-state index is 10.3. The molecule has 1 spiro atoms. The average molecular weight is 1040 g/mol. The minimum absolute atomic E-state index is 0.00126. The lowest BCUT2D eigenvalue weighted by Gasteiger charge is -2.55. The quantitative estimate of drug-likeness (QED) is 0.295. The molecule has 74 heavy (non-hydrogen) atoms. The topological polar surface area (TPSA) is 51.2 Å². The number of ether oxygens (including phenoxy) is 2. The first-order chi connectivity index (χ1) is 36.3. The van der Waals surface area contributed by atoms with Crippen LogP contribution in [0.1, 0.15) is 355 Å². The summed E-state index contributed by atoms with van der Waals surface area (Å²) < 4.78 is 13.7. The van der Waals surface area contributed by atoms with Crippen molar-refractivity contribution in [3.05, 3.63) is 35.9 Å². The maximum atomic E-state index is 10.3. The Bertz CT molecular complexity index is 1360. The summed E-state index contributed by atoms with van der Waals surface area (Å²) in [5.41, 5.74) is 0.846. The van der Waals surface area contributed by atoms with Gasteiger partial charge in [0.2, 0.25) is 0 Å². The SMILES string of the molecule is CCC1(C)CCCCCCCCCCCCCCCCCCCCCCCCCCCCCCCCCCCCCCCCCCCCCCCC2(OCC(CO)O2)C(C)C(C)(CC)N1OCCc1ccccc1. The number of hydroxylamine groups is 2. The van der Waals surface area contributed by atoms with Crippen LogP contribution in [0.15, 0.2) is 30.3 Å². The van der Waals surface area contributed by atoms with E-state index in [1.165, 1.54) is 288 Å². The van der Waals surface area contributed by atoms with Crippen LogP contribution >= 0.6 is 0 Å². The van der Waals surface area contributed by atoms with E-state index in [1.54, 1.807) is 0 Å². The van der Waals surface area contributed by atoms with Gasteiger partial charge in [-0.25, -0.2) is 0 Å². The first kappa shape index (κ1) is 67.3. The molecule has 0 aromatic heterocycles. The highest BCUT2D eigenvalue weighted by atomic mass is 16.8. The number of hydrogen-bond acceptors (Lipinski definition) is 5. The van der Waals surface area contributed by atoms with E-state index in [4.69, 9.17) is 14.3 Å². The fraction of sp³-hybridized carbons (Fsp3) is 0.913. The molecular formula is C69H129NO4. The summed E-state index contributed by atoms with van der Waals surface area (Å²) in [4.78, 5) is 7.16. The van der Waals surface area contributed by atoms with Crippen LogP contribution < -0.4 is 0 Å². The molecular weight excluding hydrogens is 907 g/mol. The number of hydrogen-bond donors (Lipinski definition) is 1. The number of aliphatic hydroxyl groups is 1. The van der Waals surface area contributed by atoms with Crippen LogP contribution in [0.2, 0.25) is 0 Å². The normalized spacial score (nSPS) is 29.6. The van der Waals surface area contributed by atoms with Gasteiger partial charge in [0.25, 0.3) is 0 Å². The van der Waals surface area contributed by atoms with Crippen molar-refractivity contribution in [3.63, 3.8) is 0 Å². The Morgan fingerprint density at radius 3 is 1.05 bits per heavy atom. The zero-order valence-corrected chi connectivity index (χ0v) is 50.6. The van der Waals surface area contributed by atoms with E-state index in [9.17, 15) is 5.11 Å². The molecule has 2 aliphatic heterocycles. The predicted molar refractivity (Wildman–Crippen MR) is 322 cm³/mol. The van der Waals surface area contributed by atoms with Gasteiger partial charge in [-0.3, -0.25) is 4.84 Å². The average Bonchev–Trinajstić information content (AvgIpc) is 3.85. The Morgan fingerprint density at radius 2 is 0.770 bits per heavy atom. The second-order valence-corrected chi connectivity index (χ2v) is 25.1. The van der Waals surface area contributed by atoms with Gasteiger partial charge < -0.3 is 14.6 Å². The second kappa shape index (κ2) is 44.8. The minimum atomic E-state index is -0.741. The van der Waals surface area contributed by atoms with Gasteiger partial charge in [-0.15, -0.1) is 0 Å². The molecule has 2 heterocycles. The van der Waals surface area contributed by atoms with Gasteiger partial charge in [-0.1, -0.05) is 334 Å². The molecule has 5 nitrogen and oxygen atoms in total. The second-order valence-electron chi connectivity index (χ2n) is 25.1. The zero-order chi connectivity index (χ0) is 52.9. The van der Waals surface area contributed by atoms with Crippen molar-refractivity contribution in [1.82, 2.24) is 5.06 Å². The van der Waals surface area contributed by atoms with Crippen LogP contribution in [0.25, 0.3) is 0 Å². The van der Waals surface area contributed by atoms with Gasteiger partial charge in [-0.2, -0.15) is 5.06 Å². The molecule has 1 aromatic rings. The monoisotopic (exact) mass is 1040 g/mol. The van der Waals surface area contributed by atoms with Crippen LogP contribution in [0.5, 0.6) is 0 Å². The van der Waals surface area contributed by atoms with Crippen molar-refractivity contribution in [2.24, 2.45) is 5.92 Å². The summed E-state index contributed by atoms with van der Waals surface area (Å²) in [6.45, 7) is 13.1. The highest BCUT2D eigenvalue weighted by Gasteiger charge is 2.56. The lowest BCUT2D eigenvalue weighted by Crippen LogP contribution is -2.64. The lowest BCUT2D eigenvalue weighted by atomic mass is 9.74. The van der Waals surface area contributed by atoms with E-state index in [0.29, 0.717) is 13.2 Å². The third-order valence-electron chi connectivity index (χ3n) is 18.8. The Kier molecular flexibility index (Phi) is 40.8. The van der Waals surface area contributed by atoms with Gasteiger partial charge in [0, 0.05) is 17.9 Å². The van der Waals surface area contributed by atoms with Crippen molar-refractivity contribution in [2.45, 2.75) is 379 Å². The predicted octanol–water partition coefficient (Wildman–Crippen LogP) is 21.9. The van der Waals surface area contributed by atoms with E-state index < -0.39 is 5.79 Å². The molecule has 1 aromatic carbocycles. The van der Waals surface area contributed by atoms with E-state index in [2.05, 4.69) is 70.0 Å². The van der Waals surface area contributed by atoms with Crippen molar-refractivity contribution >= 4 is 0 Å². The van der Waals surface area contributed by atoms with Crippen molar-refractivity contribution < 1.29 is 19.4 Å². The Labute approximate surface area is 462 Å². The fourth-order valence-corrected chi connectivity index (χ4v) is 13.1. The summed E-state index contributed by atoms with van der Waals surface area (Å²) in [6.07, 6.45) is 68.4. The molecule has 0 radical (unpaired) electrons. The number of benzene rings is 1. The minimum Gasteiger partial charge on any atom is -0.394 e. The summed E-state index contributed by atoms with van der Waals surface area (Å²) in [6, 6.07) is 10.8. The van der Waals surface area contributed by atoms with E-state index in [1.807, 2.05) is 0 Å². The molecule has 2 aliphatic rings. The van der Waals surface area contributed by atoms with Crippen molar-refractivity contribution in [2.75, 3.05) is 19.8 Å². The van der Waals surface area contributed by atoms with Crippen molar-refractivity contribution in [3.8, 4) is 0 Å². The van der Waals surface area contributed by atoms with Crippen LogP contribution in [0.4, 0.5) is 0 Å². The van der Waals surface area contributed by atoms with Crippen LogP contribution in [0, 0.1) is 5.92 Å². The number of nitrogens with zero attached hydrogens (tertiary/aromatic N) is 1. The molecule has 434 valence electrons. The first-order valence-corrected chi connectivity index (χ1v) is 33.7. The molecule has 1 N–H and O–H groups in total. The molecule has 2 saturated heterocycles. The molecule has 5 heteroatoms. The van der Waals surface area contributed by atoms with Gasteiger partial charge in [0.05, 0.1) is 25.4 Å². The Hall–Kier alpha value is -0.980. The van der Waals surface area contributed by atoms with Crippen molar-refractivity contribution in [1.29, 1.82) is 0 Å². The lowest BCUT2D eigenvalue weighted by molar-refractivity contribution is -0.321. The summed E-state index contributed by atoms with van der Waals surface area (Å²) in [7, 11) is 0. The van der Waals surface area contributed by atoms with Crippen LogP contribution in [-0.4, -0.2) is 53.0 Å². The van der Waals surface area contributed by atoms with Crippen LogP contribution in [-0.2, 0) is 20.7 Å². The van der Waals surface area contributed by atoms with Gasteiger partial charge in [-0.05, 0) is 51.5 Å². The number of aliphatic hydroxyl groups excluding tert-OH is 1. The molecule has 0 aliphatic carbocycles. The largest absolute Gasteiger partial charge is 0.394 e. The van der Waals surface area contributed by atoms with E-state index in [0.717, 1.165) is 38.5 Å². The molecule has 0 bridgehead atoms. The molecule has 2 fully saturated rings. The standard InChI is InChI=1S/C69H129NO4/c1-6-67(4)59-54-49-47-45-43-41-39-37-35-33-31-29-27-25-23-21-19-17-15-13-11-9-8-10-12-14-16-18-20-22-24-26-28-30-32-34-36-38-40-42-44-46-48-50-55-60-69(72-63-66(62-71)74-69)64(3)68(5,7-2)70(67)73-61-58-65-56-52-51-53-57-65/h51-53,56-57,64,66,71H,6-50,54-55,58-63H2,1-5H3. The highest BCUT2D eigenvalue weighted by Crippen LogP contribution is 2.48.